The number of carbonyl (C=O) groups is 1. The second-order valence-electron chi connectivity index (χ2n) is 4.49. The van der Waals surface area contributed by atoms with Gasteiger partial charge in [0.25, 0.3) is 0 Å². The van der Waals surface area contributed by atoms with Crippen molar-refractivity contribution in [1.29, 1.82) is 0 Å². The van der Waals surface area contributed by atoms with Crippen LogP contribution in [-0.2, 0) is 4.79 Å². The third kappa shape index (κ3) is 3.18. The molecule has 2 aliphatic heterocycles. The van der Waals surface area contributed by atoms with Crippen molar-refractivity contribution in [2.45, 2.75) is 31.7 Å². The second-order valence-corrected chi connectivity index (χ2v) is 4.49. The minimum atomic E-state index is 0.283. The van der Waals surface area contributed by atoms with Crippen LogP contribution in [0, 0.1) is 0 Å². The van der Waals surface area contributed by atoms with E-state index in [4.69, 9.17) is 0 Å². The maximum Gasteiger partial charge on any atom is 0.236 e. The number of hydrogen-bond acceptors (Lipinski definition) is 3. The molecule has 2 saturated heterocycles. The summed E-state index contributed by atoms with van der Waals surface area (Å²) in [5.41, 5.74) is 0. The van der Waals surface area contributed by atoms with Crippen LogP contribution in [0.4, 0.5) is 0 Å². The Morgan fingerprint density at radius 2 is 1.93 bits per heavy atom. The van der Waals surface area contributed by atoms with Gasteiger partial charge >= 0.3 is 0 Å². The van der Waals surface area contributed by atoms with Crippen molar-refractivity contribution in [1.82, 2.24) is 15.5 Å². The SMILES string of the molecule is O=C(CNC1CCNCC1)N1CCCC1. The molecule has 0 saturated carbocycles. The van der Waals surface area contributed by atoms with Gasteiger partial charge in [-0.1, -0.05) is 0 Å². The van der Waals surface area contributed by atoms with Crippen molar-refractivity contribution in [2.75, 3.05) is 32.7 Å². The zero-order valence-corrected chi connectivity index (χ0v) is 9.30. The molecule has 1 amide bonds. The van der Waals surface area contributed by atoms with Gasteiger partial charge in [0, 0.05) is 19.1 Å². The van der Waals surface area contributed by atoms with Crippen molar-refractivity contribution in [3.63, 3.8) is 0 Å². The molecule has 86 valence electrons. The van der Waals surface area contributed by atoms with Crippen LogP contribution in [0.3, 0.4) is 0 Å². The van der Waals surface area contributed by atoms with Crippen LogP contribution in [0.15, 0.2) is 0 Å². The molecule has 4 nitrogen and oxygen atoms in total. The summed E-state index contributed by atoms with van der Waals surface area (Å²) in [6.45, 7) is 4.62. The molecule has 0 radical (unpaired) electrons. The van der Waals surface area contributed by atoms with E-state index in [9.17, 15) is 4.79 Å². The Morgan fingerprint density at radius 3 is 2.60 bits per heavy atom. The molecule has 0 bridgehead atoms. The van der Waals surface area contributed by atoms with Gasteiger partial charge in [0.2, 0.25) is 5.91 Å². The number of hydrogen-bond donors (Lipinski definition) is 2. The first kappa shape index (κ1) is 10.9. The molecule has 2 aliphatic rings. The number of carbonyl (C=O) groups excluding carboxylic acids is 1. The van der Waals surface area contributed by atoms with Crippen LogP contribution < -0.4 is 10.6 Å². The summed E-state index contributed by atoms with van der Waals surface area (Å²) in [6, 6.07) is 0.540. The summed E-state index contributed by atoms with van der Waals surface area (Å²) in [5, 5.41) is 6.69. The number of piperidine rings is 1. The molecule has 4 heteroatoms. The smallest absolute Gasteiger partial charge is 0.236 e. The van der Waals surface area contributed by atoms with Crippen LogP contribution in [0.2, 0.25) is 0 Å². The van der Waals surface area contributed by atoms with E-state index < -0.39 is 0 Å². The lowest BCUT2D eigenvalue weighted by atomic mass is 10.1. The Balaban J connectivity index is 1.65. The van der Waals surface area contributed by atoms with Gasteiger partial charge in [-0.05, 0) is 38.8 Å². The molecule has 15 heavy (non-hydrogen) atoms. The van der Waals surface area contributed by atoms with Crippen molar-refractivity contribution in [3.05, 3.63) is 0 Å². The average molecular weight is 211 g/mol. The minimum Gasteiger partial charge on any atom is -0.342 e. The Kier molecular flexibility index (Phi) is 3.97. The van der Waals surface area contributed by atoms with Gasteiger partial charge < -0.3 is 15.5 Å². The Bertz CT molecular complexity index is 208. The highest BCUT2D eigenvalue weighted by Crippen LogP contribution is 2.07. The first-order chi connectivity index (χ1) is 7.36. The topological polar surface area (TPSA) is 44.4 Å². The molecule has 2 N–H and O–H groups in total. The molecule has 0 aromatic heterocycles. The summed E-state index contributed by atoms with van der Waals surface area (Å²) in [7, 11) is 0. The Labute approximate surface area is 91.4 Å². The summed E-state index contributed by atoms with van der Waals surface area (Å²) in [4.78, 5) is 13.7. The number of nitrogens with one attached hydrogen (secondary N) is 2. The van der Waals surface area contributed by atoms with Gasteiger partial charge in [-0.3, -0.25) is 4.79 Å². The highest BCUT2D eigenvalue weighted by Gasteiger charge is 2.19. The average Bonchev–Trinajstić information content (AvgIpc) is 2.81. The maximum atomic E-state index is 11.7. The molecule has 0 aromatic rings. The highest BCUT2D eigenvalue weighted by atomic mass is 16.2. The second kappa shape index (κ2) is 5.47. The largest absolute Gasteiger partial charge is 0.342 e. The fourth-order valence-electron chi connectivity index (χ4n) is 2.34. The molecule has 0 spiro atoms. The molecule has 2 heterocycles. The van der Waals surface area contributed by atoms with E-state index in [2.05, 4.69) is 10.6 Å². The molecule has 2 rings (SSSR count). The normalized spacial score (nSPS) is 23.3. The fraction of sp³-hybridized carbons (Fsp3) is 0.909. The molecular formula is C11H21N3O. The Morgan fingerprint density at radius 1 is 1.27 bits per heavy atom. The predicted molar refractivity (Wildman–Crippen MR) is 59.7 cm³/mol. The van der Waals surface area contributed by atoms with Gasteiger partial charge in [0.05, 0.1) is 6.54 Å². The van der Waals surface area contributed by atoms with Crippen molar-refractivity contribution >= 4 is 5.91 Å². The third-order valence-corrected chi connectivity index (χ3v) is 3.34. The van der Waals surface area contributed by atoms with Gasteiger partial charge in [-0.25, -0.2) is 0 Å². The summed E-state index contributed by atoms with van der Waals surface area (Å²) in [5.74, 6) is 0.283. The first-order valence-electron chi connectivity index (χ1n) is 6.08. The molecule has 0 aromatic carbocycles. The van der Waals surface area contributed by atoms with E-state index in [1.807, 2.05) is 4.90 Å². The van der Waals surface area contributed by atoms with E-state index >= 15 is 0 Å². The van der Waals surface area contributed by atoms with Crippen LogP contribution in [0.25, 0.3) is 0 Å². The number of nitrogens with zero attached hydrogens (tertiary/aromatic N) is 1. The van der Waals surface area contributed by atoms with E-state index in [-0.39, 0.29) is 5.91 Å². The summed E-state index contributed by atoms with van der Waals surface area (Å²) < 4.78 is 0. The highest BCUT2D eigenvalue weighted by molar-refractivity contribution is 5.78. The predicted octanol–water partition coefficient (Wildman–Crippen LogP) is -0.0496. The number of rotatable bonds is 3. The molecule has 2 fully saturated rings. The van der Waals surface area contributed by atoms with Gasteiger partial charge in [0.1, 0.15) is 0 Å². The van der Waals surface area contributed by atoms with E-state index in [0.29, 0.717) is 12.6 Å². The molecule has 0 atom stereocenters. The van der Waals surface area contributed by atoms with Gasteiger partial charge in [0.15, 0.2) is 0 Å². The number of likely N-dealkylation sites (tertiary alicyclic amines) is 1. The summed E-state index contributed by atoms with van der Waals surface area (Å²) in [6.07, 6.45) is 4.65. The quantitative estimate of drug-likeness (QED) is 0.688. The van der Waals surface area contributed by atoms with Crippen molar-refractivity contribution < 1.29 is 4.79 Å². The van der Waals surface area contributed by atoms with Crippen LogP contribution in [-0.4, -0.2) is 49.6 Å². The monoisotopic (exact) mass is 211 g/mol. The molecule has 0 unspecified atom stereocenters. The maximum absolute atomic E-state index is 11.7. The van der Waals surface area contributed by atoms with Crippen LogP contribution in [0.1, 0.15) is 25.7 Å². The Hall–Kier alpha value is -0.610. The third-order valence-electron chi connectivity index (χ3n) is 3.34. The van der Waals surface area contributed by atoms with Crippen LogP contribution in [0.5, 0.6) is 0 Å². The van der Waals surface area contributed by atoms with Gasteiger partial charge in [-0.2, -0.15) is 0 Å². The lowest BCUT2D eigenvalue weighted by Gasteiger charge is -2.24. The number of amides is 1. The first-order valence-corrected chi connectivity index (χ1v) is 6.08. The van der Waals surface area contributed by atoms with Crippen LogP contribution >= 0.6 is 0 Å². The van der Waals surface area contributed by atoms with Crippen molar-refractivity contribution in [3.8, 4) is 0 Å². The van der Waals surface area contributed by atoms with Crippen molar-refractivity contribution in [2.24, 2.45) is 0 Å². The fourth-order valence-corrected chi connectivity index (χ4v) is 2.34. The lowest BCUT2D eigenvalue weighted by Crippen LogP contribution is -2.44. The van der Waals surface area contributed by atoms with E-state index in [0.717, 1.165) is 39.0 Å². The van der Waals surface area contributed by atoms with E-state index in [1.54, 1.807) is 0 Å². The lowest BCUT2D eigenvalue weighted by molar-refractivity contribution is -0.129. The standard InChI is InChI=1S/C11H21N3O/c15-11(14-7-1-2-8-14)9-13-10-3-5-12-6-4-10/h10,12-13H,1-9H2. The minimum absolute atomic E-state index is 0.283. The van der Waals surface area contributed by atoms with E-state index in [1.165, 1.54) is 12.8 Å². The molecular weight excluding hydrogens is 190 g/mol. The van der Waals surface area contributed by atoms with Gasteiger partial charge in [-0.15, -0.1) is 0 Å². The molecule has 0 aliphatic carbocycles. The zero-order chi connectivity index (χ0) is 10.5. The zero-order valence-electron chi connectivity index (χ0n) is 9.30. The summed E-state index contributed by atoms with van der Waals surface area (Å²) >= 11 is 0.